The number of anilines is 3. The lowest BCUT2D eigenvalue weighted by Crippen LogP contribution is -2.22. The van der Waals surface area contributed by atoms with Gasteiger partial charge >= 0.3 is 0 Å². The molecule has 31 heavy (non-hydrogen) atoms. The molecule has 0 saturated heterocycles. The maximum absolute atomic E-state index is 13.1. The van der Waals surface area contributed by atoms with Gasteiger partial charge in [0.05, 0.1) is 5.69 Å². The first-order valence-electron chi connectivity index (χ1n) is 10.6. The second-order valence-electron chi connectivity index (χ2n) is 8.15. The smallest absolute Gasteiger partial charge is 0.165 e. The molecule has 4 rings (SSSR count). The molecular formula is C24H29FN6. The Morgan fingerprint density at radius 2 is 1.81 bits per heavy atom. The third kappa shape index (κ3) is 4.95. The van der Waals surface area contributed by atoms with Crippen molar-refractivity contribution in [3.8, 4) is 0 Å². The molecule has 0 aliphatic heterocycles. The van der Waals surface area contributed by atoms with E-state index in [0.717, 1.165) is 31.5 Å². The number of hydrogen-bond donors (Lipinski definition) is 5. The van der Waals surface area contributed by atoms with E-state index in [4.69, 9.17) is 17.3 Å². The highest BCUT2D eigenvalue weighted by Gasteiger charge is 2.37. The van der Waals surface area contributed by atoms with Gasteiger partial charge in [-0.1, -0.05) is 42.5 Å². The zero-order valence-corrected chi connectivity index (χ0v) is 17.4. The van der Waals surface area contributed by atoms with Gasteiger partial charge in [0, 0.05) is 5.92 Å². The van der Waals surface area contributed by atoms with E-state index in [1.54, 1.807) is 0 Å². The van der Waals surface area contributed by atoms with Crippen LogP contribution in [-0.2, 0) is 0 Å². The number of pyridine rings is 1. The van der Waals surface area contributed by atoms with Crippen molar-refractivity contribution in [3.63, 3.8) is 0 Å². The number of nitrogens with one attached hydrogen (secondary N) is 2. The third-order valence-corrected chi connectivity index (χ3v) is 6.06. The molecule has 3 aromatic rings. The fourth-order valence-corrected chi connectivity index (χ4v) is 4.31. The molecular weight excluding hydrogens is 391 g/mol. The van der Waals surface area contributed by atoms with Crippen molar-refractivity contribution in [2.45, 2.75) is 24.7 Å². The number of nitrogens with zero attached hydrogens (tertiary/aromatic N) is 1. The number of rotatable bonds is 9. The summed E-state index contributed by atoms with van der Waals surface area (Å²) in [5, 5.41) is 3.59. The second kappa shape index (κ2) is 9.32. The van der Waals surface area contributed by atoms with E-state index < -0.39 is 0 Å². The molecule has 1 heterocycles. The molecule has 3 atom stereocenters. The number of nitrogens with two attached hydrogens (primary N) is 3. The molecule has 8 N–H and O–H groups in total. The van der Waals surface area contributed by atoms with Gasteiger partial charge < -0.3 is 22.2 Å². The van der Waals surface area contributed by atoms with E-state index in [1.165, 1.54) is 23.3 Å². The van der Waals surface area contributed by atoms with E-state index in [9.17, 15) is 4.39 Å². The maximum atomic E-state index is 13.1. The number of hydrogen-bond acceptors (Lipinski definition) is 6. The molecule has 0 amide bonds. The highest BCUT2D eigenvalue weighted by molar-refractivity contribution is 5.70. The average Bonchev–Trinajstić information content (AvgIpc) is 3.56. The number of benzene rings is 2. The minimum absolute atomic E-state index is 0.0678. The number of aromatic nitrogens is 1. The van der Waals surface area contributed by atoms with Gasteiger partial charge in [-0.05, 0) is 72.7 Å². The monoisotopic (exact) mass is 420 g/mol. The maximum Gasteiger partial charge on any atom is 0.165 e. The topological polar surface area (TPSA) is 115 Å². The van der Waals surface area contributed by atoms with Gasteiger partial charge in [-0.3, -0.25) is 0 Å². The normalized spacial score (nSPS) is 18.5. The van der Waals surface area contributed by atoms with Crippen LogP contribution in [0.3, 0.4) is 0 Å². The number of halogens is 1. The summed E-state index contributed by atoms with van der Waals surface area (Å²) in [6.07, 6.45) is 2.00. The summed E-state index contributed by atoms with van der Waals surface area (Å²) in [4.78, 5) is 4.18. The van der Waals surface area contributed by atoms with E-state index in [1.807, 2.05) is 36.4 Å². The van der Waals surface area contributed by atoms with Gasteiger partial charge in [0.1, 0.15) is 11.6 Å². The Morgan fingerprint density at radius 3 is 2.52 bits per heavy atom. The van der Waals surface area contributed by atoms with Crippen LogP contribution in [0, 0.1) is 11.7 Å². The standard InChI is InChI=1S/C24H29FN6/c25-18-8-6-16(7-9-18)20-12-17(20)14-29-11-10-19(15-4-2-1-3-5-15)21-13-22(26)30-24(31-28)23(21)27/h1-9,13,17,19-20,29H,10-12,14,27-28H2,(H3,26,30,31). The summed E-state index contributed by atoms with van der Waals surface area (Å²) in [6.45, 7) is 1.77. The van der Waals surface area contributed by atoms with E-state index >= 15 is 0 Å². The van der Waals surface area contributed by atoms with Gasteiger partial charge in [-0.2, -0.15) is 0 Å². The van der Waals surface area contributed by atoms with Crippen molar-refractivity contribution < 1.29 is 4.39 Å². The van der Waals surface area contributed by atoms with Crippen LogP contribution >= 0.6 is 0 Å². The molecule has 0 radical (unpaired) electrons. The zero-order valence-electron chi connectivity index (χ0n) is 17.4. The molecule has 7 heteroatoms. The summed E-state index contributed by atoms with van der Waals surface area (Å²) in [5.74, 6) is 7.35. The Balaban J connectivity index is 1.40. The molecule has 6 nitrogen and oxygen atoms in total. The minimum Gasteiger partial charge on any atom is -0.395 e. The summed E-state index contributed by atoms with van der Waals surface area (Å²) in [7, 11) is 0. The highest BCUT2D eigenvalue weighted by Crippen LogP contribution is 2.47. The molecule has 1 aromatic heterocycles. The summed E-state index contributed by atoms with van der Waals surface area (Å²) in [5.41, 5.74) is 18.7. The largest absolute Gasteiger partial charge is 0.395 e. The van der Waals surface area contributed by atoms with E-state index in [2.05, 4.69) is 27.9 Å². The van der Waals surface area contributed by atoms with Gasteiger partial charge in [-0.15, -0.1) is 0 Å². The van der Waals surface area contributed by atoms with Crippen molar-refractivity contribution in [2.24, 2.45) is 11.8 Å². The lowest BCUT2D eigenvalue weighted by molar-refractivity contribution is 0.581. The van der Waals surface area contributed by atoms with Crippen molar-refractivity contribution >= 4 is 17.3 Å². The quantitative estimate of drug-likeness (QED) is 0.205. The van der Waals surface area contributed by atoms with Crippen LogP contribution in [0.2, 0.25) is 0 Å². The van der Waals surface area contributed by atoms with E-state index in [0.29, 0.717) is 29.2 Å². The fraction of sp³-hybridized carbons (Fsp3) is 0.292. The Hall–Kier alpha value is -3.16. The zero-order chi connectivity index (χ0) is 21.8. The van der Waals surface area contributed by atoms with Gasteiger partial charge in [-0.25, -0.2) is 15.2 Å². The Bertz CT molecular complexity index is 1010. The fourth-order valence-electron chi connectivity index (χ4n) is 4.31. The van der Waals surface area contributed by atoms with Crippen LogP contribution in [0.5, 0.6) is 0 Å². The van der Waals surface area contributed by atoms with Gasteiger partial charge in [0.25, 0.3) is 0 Å². The average molecular weight is 421 g/mol. The van der Waals surface area contributed by atoms with Crippen molar-refractivity contribution in [1.82, 2.24) is 10.3 Å². The van der Waals surface area contributed by atoms with Crippen molar-refractivity contribution in [3.05, 3.63) is 83.2 Å². The van der Waals surface area contributed by atoms with Gasteiger partial charge in [0.15, 0.2) is 5.82 Å². The second-order valence-corrected chi connectivity index (χ2v) is 8.15. The summed E-state index contributed by atoms with van der Waals surface area (Å²) in [6, 6.07) is 18.9. The molecule has 1 aliphatic carbocycles. The third-order valence-electron chi connectivity index (χ3n) is 6.06. The van der Waals surface area contributed by atoms with Crippen LogP contribution in [0.4, 0.5) is 21.7 Å². The van der Waals surface area contributed by atoms with E-state index in [-0.39, 0.29) is 11.7 Å². The van der Waals surface area contributed by atoms with Crippen LogP contribution in [0.25, 0.3) is 0 Å². The molecule has 1 fully saturated rings. The Morgan fingerprint density at radius 1 is 1.06 bits per heavy atom. The summed E-state index contributed by atoms with van der Waals surface area (Å²) >= 11 is 0. The first-order valence-corrected chi connectivity index (χ1v) is 10.6. The molecule has 0 bridgehead atoms. The number of hydrazine groups is 1. The van der Waals surface area contributed by atoms with Crippen LogP contribution in [0.1, 0.15) is 41.4 Å². The number of nitrogen functional groups attached to an aromatic ring is 3. The molecule has 1 aliphatic rings. The molecule has 0 spiro atoms. The minimum atomic E-state index is -0.185. The SMILES string of the molecule is NNc1nc(N)cc(C(CCNCC2CC2c2ccc(F)cc2)c2ccccc2)c1N. The first-order chi connectivity index (χ1) is 15.1. The Kier molecular flexibility index (Phi) is 6.34. The molecule has 162 valence electrons. The predicted octanol–water partition coefficient (Wildman–Crippen LogP) is 3.59. The van der Waals surface area contributed by atoms with Crippen molar-refractivity contribution in [2.75, 3.05) is 30.0 Å². The molecule has 2 aromatic carbocycles. The first kappa shape index (κ1) is 21.1. The van der Waals surface area contributed by atoms with Gasteiger partial charge in [0.2, 0.25) is 0 Å². The van der Waals surface area contributed by atoms with Crippen LogP contribution < -0.4 is 28.1 Å². The highest BCUT2D eigenvalue weighted by atomic mass is 19.1. The molecule has 3 unspecified atom stereocenters. The lowest BCUT2D eigenvalue weighted by Gasteiger charge is -2.22. The summed E-state index contributed by atoms with van der Waals surface area (Å²) < 4.78 is 13.1. The van der Waals surface area contributed by atoms with Crippen molar-refractivity contribution in [1.29, 1.82) is 0 Å². The predicted molar refractivity (Wildman–Crippen MR) is 124 cm³/mol. The van der Waals surface area contributed by atoms with Crippen LogP contribution in [-0.4, -0.2) is 18.1 Å². The van der Waals surface area contributed by atoms with Crippen LogP contribution in [0.15, 0.2) is 60.7 Å². The lowest BCUT2D eigenvalue weighted by atomic mass is 9.87. The molecule has 1 saturated carbocycles. The Labute approximate surface area is 182 Å².